The number of hydrogen-bond donors (Lipinski definition) is 1. The average Bonchev–Trinajstić information content (AvgIpc) is 3.02. The maximum Gasteiger partial charge on any atom is 0.348 e. The number of fused-ring (bicyclic) bond motifs is 1. The van der Waals surface area contributed by atoms with E-state index >= 15 is 0 Å². The monoisotopic (exact) mass is 315 g/mol. The predicted octanol–water partition coefficient (Wildman–Crippen LogP) is 2.95. The minimum absolute atomic E-state index is 0.220. The summed E-state index contributed by atoms with van der Waals surface area (Å²) < 4.78 is 10.2. The van der Waals surface area contributed by atoms with Gasteiger partial charge in [-0.25, -0.2) is 4.79 Å². The van der Waals surface area contributed by atoms with Crippen molar-refractivity contribution in [2.24, 2.45) is 0 Å². The summed E-state index contributed by atoms with van der Waals surface area (Å²) in [4.78, 5) is 24.1. The van der Waals surface area contributed by atoms with E-state index in [4.69, 9.17) is 4.74 Å². The molecule has 1 aliphatic rings. The molecule has 6 heteroatoms. The number of esters is 1. The number of nitrogens with one attached hydrogen (secondary N) is 1. The van der Waals surface area contributed by atoms with Gasteiger partial charge < -0.3 is 14.8 Å². The summed E-state index contributed by atoms with van der Waals surface area (Å²) in [5, 5.41) is 3.35. The fraction of sp³-hybridized carbons (Fsp3) is 0.125. The van der Waals surface area contributed by atoms with Crippen LogP contribution >= 0.6 is 11.3 Å². The number of amides is 1. The lowest BCUT2D eigenvalue weighted by atomic mass is 10.1. The van der Waals surface area contributed by atoms with E-state index in [1.807, 2.05) is 30.3 Å². The van der Waals surface area contributed by atoms with Crippen LogP contribution in [0.4, 0.5) is 5.00 Å². The Balaban J connectivity index is 1.74. The summed E-state index contributed by atoms with van der Waals surface area (Å²) in [6, 6.07) is 10.8. The van der Waals surface area contributed by atoms with Crippen molar-refractivity contribution in [3.05, 3.63) is 52.4 Å². The van der Waals surface area contributed by atoms with Crippen molar-refractivity contribution in [2.75, 3.05) is 19.0 Å². The molecule has 3 rings (SSSR count). The van der Waals surface area contributed by atoms with Crippen LogP contribution in [0, 0.1) is 0 Å². The summed E-state index contributed by atoms with van der Waals surface area (Å²) >= 11 is 1.17. The largest absolute Gasteiger partial charge is 0.488 e. The molecule has 2 heterocycles. The highest BCUT2D eigenvalue weighted by Gasteiger charge is 2.18. The number of thiophene rings is 1. The second kappa shape index (κ2) is 6.03. The zero-order valence-corrected chi connectivity index (χ0v) is 12.6. The van der Waals surface area contributed by atoms with Gasteiger partial charge in [0.1, 0.15) is 17.2 Å². The number of carbonyl (C=O) groups excluding carboxylic acids is 2. The van der Waals surface area contributed by atoms with Gasteiger partial charge >= 0.3 is 5.97 Å². The predicted molar refractivity (Wildman–Crippen MR) is 84.2 cm³/mol. The molecule has 0 bridgehead atoms. The fourth-order valence-corrected chi connectivity index (χ4v) is 2.87. The van der Waals surface area contributed by atoms with Crippen LogP contribution in [0.15, 0.2) is 42.0 Å². The molecule has 1 N–H and O–H groups in total. The normalized spacial score (nSPS) is 12.7. The average molecular weight is 315 g/mol. The van der Waals surface area contributed by atoms with E-state index in [9.17, 15) is 9.59 Å². The van der Waals surface area contributed by atoms with Crippen molar-refractivity contribution in [1.29, 1.82) is 0 Å². The number of hydrogen-bond acceptors (Lipinski definition) is 5. The highest BCUT2D eigenvalue weighted by atomic mass is 32.1. The topological polar surface area (TPSA) is 64.6 Å². The Morgan fingerprint density at radius 3 is 2.86 bits per heavy atom. The van der Waals surface area contributed by atoms with E-state index in [0.29, 0.717) is 15.5 Å². The SMILES string of the molecule is COC(=O)c1ccc(NC(=O)C2=Cc3ccccc3OC2)s1. The van der Waals surface area contributed by atoms with E-state index in [2.05, 4.69) is 10.1 Å². The van der Waals surface area contributed by atoms with Crippen molar-refractivity contribution in [2.45, 2.75) is 0 Å². The molecular weight excluding hydrogens is 302 g/mol. The number of benzene rings is 1. The van der Waals surface area contributed by atoms with Crippen LogP contribution in [0.3, 0.4) is 0 Å². The van der Waals surface area contributed by atoms with Crippen LogP contribution in [0.1, 0.15) is 15.2 Å². The molecule has 5 nitrogen and oxygen atoms in total. The van der Waals surface area contributed by atoms with E-state index in [-0.39, 0.29) is 12.5 Å². The molecule has 1 aromatic carbocycles. The van der Waals surface area contributed by atoms with Crippen molar-refractivity contribution < 1.29 is 19.1 Å². The van der Waals surface area contributed by atoms with Crippen molar-refractivity contribution in [3.8, 4) is 5.75 Å². The highest BCUT2D eigenvalue weighted by molar-refractivity contribution is 7.18. The Morgan fingerprint density at radius 2 is 2.05 bits per heavy atom. The molecule has 0 spiro atoms. The van der Waals surface area contributed by atoms with Gasteiger partial charge in [-0.2, -0.15) is 0 Å². The Labute approximate surface area is 131 Å². The third-order valence-electron chi connectivity index (χ3n) is 3.15. The number of rotatable bonds is 3. The zero-order chi connectivity index (χ0) is 15.5. The number of carbonyl (C=O) groups is 2. The molecule has 1 aliphatic heterocycles. The van der Waals surface area contributed by atoms with Crippen LogP contribution in [0.25, 0.3) is 6.08 Å². The molecular formula is C16H13NO4S. The second-order valence-corrected chi connectivity index (χ2v) is 5.69. The van der Waals surface area contributed by atoms with E-state index < -0.39 is 5.97 Å². The van der Waals surface area contributed by atoms with Crippen LogP contribution in [0.5, 0.6) is 5.75 Å². The number of methoxy groups -OCH3 is 1. The fourth-order valence-electron chi connectivity index (χ4n) is 2.05. The Bertz CT molecular complexity index is 763. The molecule has 0 fully saturated rings. The zero-order valence-electron chi connectivity index (χ0n) is 11.8. The van der Waals surface area contributed by atoms with Crippen molar-refractivity contribution in [3.63, 3.8) is 0 Å². The Morgan fingerprint density at radius 1 is 1.23 bits per heavy atom. The van der Waals surface area contributed by atoms with Crippen molar-refractivity contribution in [1.82, 2.24) is 0 Å². The minimum atomic E-state index is -0.417. The molecule has 1 aromatic heterocycles. The third kappa shape index (κ3) is 2.87. The van der Waals surface area contributed by atoms with Gasteiger partial charge in [-0.1, -0.05) is 18.2 Å². The highest BCUT2D eigenvalue weighted by Crippen LogP contribution is 2.27. The summed E-state index contributed by atoms with van der Waals surface area (Å²) in [7, 11) is 1.32. The van der Waals surface area contributed by atoms with Crippen LogP contribution < -0.4 is 10.1 Å². The van der Waals surface area contributed by atoms with Gasteiger partial charge in [-0.05, 0) is 24.3 Å². The van der Waals surface area contributed by atoms with Gasteiger partial charge in [-0.3, -0.25) is 4.79 Å². The first-order chi connectivity index (χ1) is 10.7. The maximum absolute atomic E-state index is 12.3. The molecule has 0 radical (unpaired) electrons. The summed E-state index contributed by atoms with van der Waals surface area (Å²) in [6.45, 7) is 0.220. The second-order valence-electron chi connectivity index (χ2n) is 4.61. The quantitative estimate of drug-likeness (QED) is 0.885. The number of ether oxygens (including phenoxy) is 2. The lowest BCUT2D eigenvalue weighted by Gasteiger charge is -2.17. The summed E-state index contributed by atoms with van der Waals surface area (Å²) in [6.07, 6.45) is 1.81. The van der Waals surface area contributed by atoms with E-state index in [1.165, 1.54) is 18.4 Å². The minimum Gasteiger partial charge on any atom is -0.488 e. The molecule has 0 unspecified atom stereocenters. The van der Waals surface area contributed by atoms with Gasteiger partial charge in [-0.15, -0.1) is 11.3 Å². The standard InChI is InChI=1S/C16H13NO4S/c1-20-16(19)13-6-7-14(22-13)17-15(18)11-8-10-4-2-3-5-12(10)21-9-11/h2-8H,9H2,1H3,(H,17,18). The van der Waals surface area contributed by atoms with Gasteiger partial charge in [0.2, 0.25) is 0 Å². The number of para-hydroxylation sites is 1. The molecule has 0 atom stereocenters. The number of anilines is 1. The first-order valence-corrected chi connectivity index (χ1v) is 7.41. The Hall–Kier alpha value is -2.60. The van der Waals surface area contributed by atoms with Gasteiger partial charge in [0.05, 0.1) is 17.7 Å². The first kappa shape index (κ1) is 14.3. The molecule has 22 heavy (non-hydrogen) atoms. The molecule has 0 saturated heterocycles. The van der Waals surface area contributed by atoms with E-state index in [1.54, 1.807) is 12.1 Å². The van der Waals surface area contributed by atoms with Gasteiger partial charge in [0, 0.05) is 5.56 Å². The molecule has 0 saturated carbocycles. The Kier molecular flexibility index (Phi) is 3.93. The first-order valence-electron chi connectivity index (χ1n) is 6.59. The van der Waals surface area contributed by atoms with E-state index in [0.717, 1.165) is 11.3 Å². The van der Waals surface area contributed by atoms with Crippen molar-refractivity contribution >= 4 is 34.3 Å². The summed E-state index contributed by atoms with van der Waals surface area (Å²) in [5.74, 6) is 0.107. The lowest BCUT2D eigenvalue weighted by molar-refractivity contribution is -0.113. The smallest absolute Gasteiger partial charge is 0.348 e. The maximum atomic E-state index is 12.3. The van der Waals surface area contributed by atoms with Crippen LogP contribution in [-0.2, 0) is 9.53 Å². The van der Waals surface area contributed by atoms with Crippen LogP contribution in [0.2, 0.25) is 0 Å². The summed E-state index contributed by atoms with van der Waals surface area (Å²) in [5.41, 5.74) is 1.41. The molecule has 2 aromatic rings. The molecule has 0 aliphatic carbocycles. The van der Waals surface area contributed by atoms with Gasteiger partial charge in [0.25, 0.3) is 5.91 Å². The van der Waals surface area contributed by atoms with Crippen LogP contribution in [-0.4, -0.2) is 25.6 Å². The molecule has 1 amide bonds. The third-order valence-corrected chi connectivity index (χ3v) is 4.13. The van der Waals surface area contributed by atoms with Gasteiger partial charge in [0.15, 0.2) is 0 Å². The molecule has 112 valence electrons. The lowest BCUT2D eigenvalue weighted by Crippen LogP contribution is -2.20.